The summed E-state index contributed by atoms with van der Waals surface area (Å²) in [4.78, 5) is 35.5. The maximum Gasteiger partial charge on any atom is 0.330 e. The first kappa shape index (κ1) is 16.5. The molecule has 3 heterocycles. The second kappa shape index (κ2) is 6.40. The second-order valence-corrected chi connectivity index (χ2v) is 6.83. The number of aryl methyl sites for hydroxylation is 2. The van der Waals surface area contributed by atoms with Crippen LogP contribution >= 0.6 is 0 Å². The molecule has 0 radical (unpaired) electrons. The fraction of sp³-hybridized carbons (Fsp3) is 0.368. The van der Waals surface area contributed by atoms with Crippen LogP contribution in [-0.2, 0) is 18.3 Å². The Morgan fingerprint density at radius 1 is 1.31 bits per heavy atom. The van der Waals surface area contributed by atoms with Crippen molar-refractivity contribution in [2.75, 3.05) is 13.1 Å². The van der Waals surface area contributed by atoms with Crippen LogP contribution in [0.1, 0.15) is 23.6 Å². The molecule has 1 aliphatic rings. The molecule has 7 heteroatoms. The Balaban J connectivity index is 1.56. The summed E-state index contributed by atoms with van der Waals surface area (Å²) in [7, 11) is 1.72. The molecule has 1 atom stereocenters. The topological polar surface area (TPSA) is 73.0 Å². The zero-order valence-electron chi connectivity index (χ0n) is 14.9. The molecule has 0 bridgehead atoms. The molecule has 7 nitrogen and oxygen atoms in total. The van der Waals surface area contributed by atoms with Crippen molar-refractivity contribution < 1.29 is 4.79 Å². The van der Waals surface area contributed by atoms with Gasteiger partial charge in [0.05, 0.1) is 18.7 Å². The molecule has 0 saturated carbocycles. The van der Waals surface area contributed by atoms with E-state index < -0.39 is 0 Å². The summed E-state index contributed by atoms with van der Waals surface area (Å²) in [6, 6.07) is 7.89. The fourth-order valence-corrected chi connectivity index (χ4v) is 3.68. The smallest absolute Gasteiger partial charge is 0.330 e. The largest absolute Gasteiger partial charge is 0.340 e. The summed E-state index contributed by atoms with van der Waals surface area (Å²) < 4.78 is 3.27. The average molecular weight is 351 g/mol. The van der Waals surface area contributed by atoms with Gasteiger partial charge in [0, 0.05) is 20.1 Å². The fourth-order valence-electron chi connectivity index (χ4n) is 3.68. The lowest BCUT2D eigenvalue weighted by Crippen LogP contribution is -2.32. The SMILES string of the molecule is Cc1ccccc1CC(=O)N1CCC(n2c(=O)n(C)c3cncnc32)C1. The number of benzene rings is 1. The maximum absolute atomic E-state index is 12.7. The van der Waals surface area contributed by atoms with Crippen LogP contribution in [0.3, 0.4) is 0 Å². The van der Waals surface area contributed by atoms with Crippen LogP contribution in [0.5, 0.6) is 0 Å². The number of imidazole rings is 1. The van der Waals surface area contributed by atoms with Gasteiger partial charge in [-0.05, 0) is 24.5 Å². The number of fused-ring (bicyclic) bond motifs is 1. The lowest BCUT2D eigenvalue weighted by Gasteiger charge is -2.17. The van der Waals surface area contributed by atoms with Crippen LogP contribution in [-0.4, -0.2) is 43.0 Å². The number of nitrogens with zero attached hydrogens (tertiary/aromatic N) is 5. The number of hydrogen-bond donors (Lipinski definition) is 0. The van der Waals surface area contributed by atoms with E-state index in [-0.39, 0.29) is 17.6 Å². The summed E-state index contributed by atoms with van der Waals surface area (Å²) >= 11 is 0. The van der Waals surface area contributed by atoms with Gasteiger partial charge in [0.1, 0.15) is 11.8 Å². The molecule has 1 saturated heterocycles. The third kappa shape index (κ3) is 2.69. The van der Waals surface area contributed by atoms with E-state index in [0.29, 0.717) is 30.7 Å². The van der Waals surface area contributed by atoms with Gasteiger partial charge < -0.3 is 4.90 Å². The highest BCUT2D eigenvalue weighted by molar-refractivity contribution is 5.79. The molecule has 134 valence electrons. The van der Waals surface area contributed by atoms with Crippen molar-refractivity contribution in [3.63, 3.8) is 0 Å². The van der Waals surface area contributed by atoms with E-state index >= 15 is 0 Å². The van der Waals surface area contributed by atoms with Crippen molar-refractivity contribution in [1.82, 2.24) is 24.0 Å². The van der Waals surface area contributed by atoms with Gasteiger partial charge >= 0.3 is 5.69 Å². The Morgan fingerprint density at radius 2 is 2.12 bits per heavy atom. The molecule has 1 aromatic carbocycles. The van der Waals surface area contributed by atoms with Crippen LogP contribution in [0.2, 0.25) is 0 Å². The Labute approximate surface area is 150 Å². The first-order valence-corrected chi connectivity index (χ1v) is 8.75. The molecular formula is C19H21N5O2. The molecule has 0 aliphatic carbocycles. The number of carbonyl (C=O) groups is 1. The number of likely N-dealkylation sites (tertiary alicyclic amines) is 1. The number of aromatic nitrogens is 4. The highest BCUT2D eigenvalue weighted by Crippen LogP contribution is 2.24. The van der Waals surface area contributed by atoms with Gasteiger partial charge in [-0.1, -0.05) is 24.3 Å². The molecule has 26 heavy (non-hydrogen) atoms. The van der Waals surface area contributed by atoms with E-state index in [0.717, 1.165) is 17.5 Å². The van der Waals surface area contributed by atoms with Crippen LogP contribution in [0.15, 0.2) is 41.6 Å². The minimum Gasteiger partial charge on any atom is -0.340 e. The van der Waals surface area contributed by atoms with Crippen LogP contribution in [0, 0.1) is 6.92 Å². The third-order valence-corrected chi connectivity index (χ3v) is 5.24. The molecule has 3 aromatic rings. The monoisotopic (exact) mass is 351 g/mol. The van der Waals surface area contributed by atoms with E-state index in [2.05, 4.69) is 9.97 Å². The Bertz CT molecular complexity index is 1040. The Hall–Kier alpha value is -2.96. The number of carbonyl (C=O) groups excluding carboxylic acids is 1. The predicted octanol–water partition coefficient (Wildman–Crippen LogP) is 1.45. The van der Waals surface area contributed by atoms with Crippen molar-refractivity contribution in [3.8, 4) is 0 Å². The lowest BCUT2D eigenvalue weighted by atomic mass is 10.1. The molecule has 0 N–H and O–H groups in total. The highest BCUT2D eigenvalue weighted by atomic mass is 16.2. The van der Waals surface area contributed by atoms with Crippen molar-refractivity contribution >= 4 is 17.1 Å². The Kier molecular flexibility index (Phi) is 4.06. The normalized spacial score (nSPS) is 17.2. The summed E-state index contributed by atoms with van der Waals surface area (Å²) in [5.41, 5.74) is 3.40. The standard InChI is InChI=1S/C19H21N5O2/c1-13-5-3-4-6-14(13)9-17(25)23-8-7-15(11-23)24-18-16(10-20-12-21-18)22(2)19(24)26/h3-6,10,12,15H,7-9,11H2,1-2H3. The van der Waals surface area contributed by atoms with Gasteiger partial charge in [0.15, 0.2) is 5.65 Å². The van der Waals surface area contributed by atoms with Crippen molar-refractivity contribution in [2.45, 2.75) is 25.8 Å². The number of rotatable bonds is 3. The molecular weight excluding hydrogens is 330 g/mol. The van der Waals surface area contributed by atoms with Gasteiger partial charge in [-0.25, -0.2) is 14.8 Å². The van der Waals surface area contributed by atoms with Crippen molar-refractivity contribution in [1.29, 1.82) is 0 Å². The molecule has 1 aliphatic heterocycles. The van der Waals surface area contributed by atoms with Gasteiger partial charge in [0.2, 0.25) is 5.91 Å². The van der Waals surface area contributed by atoms with Crippen molar-refractivity contribution in [3.05, 3.63) is 58.4 Å². The lowest BCUT2D eigenvalue weighted by molar-refractivity contribution is -0.129. The molecule has 0 spiro atoms. The average Bonchev–Trinajstić information content (AvgIpc) is 3.21. The minimum atomic E-state index is -0.112. The van der Waals surface area contributed by atoms with Gasteiger partial charge in [0.25, 0.3) is 0 Å². The third-order valence-electron chi connectivity index (χ3n) is 5.24. The zero-order chi connectivity index (χ0) is 18.3. The van der Waals surface area contributed by atoms with E-state index in [9.17, 15) is 9.59 Å². The first-order valence-electron chi connectivity index (χ1n) is 8.75. The van der Waals surface area contributed by atoms with Gasteiger partial charge in [-0.15, -0.1) is 0 Å². The van der Waals surface area contributed by atoms with Gasteiger partial charge in [-0.2, -0.15) is 0 Å². The summed E-state index contributed by atoms with van der Waals surface area (Å²) in [5.74, 6) is 0.102. The van der Waals surface area contributed by atoms with Crippen LogP contribution < -0.4 is 5.69 Å². The molecule has 1 unspecified atom stereocenters. The quantitative estimate of drug-likeness (QED) is 0.716. The first-order chi connectivity index (χ1) is 12.6. The molecule has 4 rings (SSSR count). The Morgan fingerprint density at radius 3 is 2.92 bits per heavy atom. The predicted molar refractivity (Wildman–Crippen MR) is 97.9 cm³/mol. The van der Waals surface area contributed by atoms with E-state index in [1.807, 2.05) is 36.1 Å². The number of hydrogen-bond acceptors (Lipinski definition) is 4. The van der Waals surface area contributed by atoms with Crippen LogP contribution in [0.25, 0.3) is 11.2 Å². The van der Waals surface area contributed by atoms with E-state index in [1.54, 1.807) is 22.4 Å². The van der Waals surface area contributed by atoms with Crippen molar-refractivity contribution in [2.24, 2.45) is 7.05 Å². The molecule has 1 amide bonds. The highest BCUT2D eigenvalue weighted by Gasteiger charge is 2.30. The van der Waals surface area contributed by atoms with E-state index in [4.69, 9.17) is 0 Å². The summed E-state index contributed by atoms with van der Waals surface area (Å²) in [6.45, 7) is 3.21. The summed E-state index contributed by atoms with van der Waals surface area (Å²) in [6.07, 6.45) is 4.25. The second-order valence-electron chi connectivity index (χ2n) is 6.83. The summed E-state index contributed by atoms with van der Waals surface area (Å²) in [5, 5.41) is 0. The van der Waals surface area contributed by atoms with E-state index in [1.165, 1.54) is 6.33 Å². The molecule has 2 aromatic heterocycles. The molecule has 1 fully saturated rings. The zero-order valence-corrected chi connectivity index (χ0v) is 14.9. The number of amides is 1. The minimum absolute atomic E-state index is 0.0538. The maximum atomic E-state index is 12.7. The van der Waals surface area contributed by atoms with Crippen LogP contribution in [0.4, 0.5) is 0 Å². The van der Waals surface area contributed by atoms with Gasteiger partial charge in [-0.3, -0.25) is 13.9 Å².